The number of nitrogens with zero attached hydrogens (tertiary/aromatic N) is 3. The zero-order valence-electron chi connectivity index (χ0n) is 14.6. The molecule has 0 spiro atoms. The lowest BCUT2D eigenvalue weighted by Gasteiger charge is -2.11. The van der Waals surface area contributed by atoms with Gasteiger partial charge in [-0.2, -0.15) is 5.10 Å². The van der Waals surface area contributed by atoms with Crippen molar-refractivity contribution in [1.29, 1.82) is 0 Å². The molecule has 0 saturated carbocycles. The number of nitrogens with one attached hydrogen (secondary N) is 4. The average Bonchev–Trinajstić information content (AvgIpc) is 3.10. The van der Waals surface area contributed by atoms with Gasteiger partial charge in [0.15, 0.2) is 5.82 Å². The van der Waals surface area contributed by atoms with E-state index in [0.29, 0.717) is 11.6 Å². The molecule has 0 radical (unpaired) electrons. The van der Waals surface area contributed by atoms with Crippen LogP contribution in [-0.2, 0) is 0 Å². The number of hydrogen-bond acceptors (Lipinski definition) is 6. The van der Waals surface area contributed by atoms with E-state index in [0.717, 1.165) is 6.42 Å². The Labute approximate surface area is 147 Å². The van der Waals surface area contributed by atoms with Crippen LogP contribution in [0.1, 0.15) is 61.2 Å². The molecule has 0 aliphatic rings. The number of hydrogen-bond donors (Lipinski definition) is 4. The number of pyridine rings is 1. The van der Waals surface area contributed by atoms with Gasteiger partial charge in [0.1, 0.15) is 11.5 Å². The van der Waals surface area contributed by atoms with E-state index in [1.807, 2.05) is 13.8 Å². The molecule has 2 unspecified atom stereocenters. The summed E-state index contributed by atoms with van der Waals surface area (Å²) in [6, 6.07) is 0.974. The Balaban J connectivity index is 1.81. The first-order valence-electron chi connectivity index (χ1n) is 8.24. The van der Waals surface area contributed by atoms with Crippen LogP contribution in [0.2, 0.25) is 0 Å². The molecule has 0 saturated heterocycles. The highest BCUT2D eigenvalue weighted by atomic mass is 16.2. The fourth-order valence-corrected chi connectivity index (χ4v) is 2.40. The molecule has 3 heterocycles. The smallest absolute Gasteiger partial charge is 0.327 e. The third-order valence-electron chi connectivity index (χ3n) is 4.18. The molecule has 136 valence electrons. The number of amides is 1. The Bertz CT molecular complexity index is 1070. The zero-order chi connectivity index (χ0) is 18.8. The topological polar surface area (TPSA) is 149 Å². The van der Waals surface area contributed by atoms with Crippen molar-refractivity contribution in [2.75, 3.05) is 0 Å². The van der Waals surface area contributed by atoms with Crippen LogP contribution >= 0.6 is 0 Å². The zero-order valence-corrected chi connectivity index (χ0v) is 14.6. The number of H-pyrrole nitrogens is 3. The summed E-state index contributed by atoms with van der Waals surface area (Å²) < 4.78 is 0. The summed E-state index contributed by atoms with van der Waals surface area (Å²) in [5, 5.41) is 9.92. The van der Waals surface area contributed by atoms with Gasteiger partial charge in [0.05, 0.1) is 17.0 Å². The predicted octanol–water partition coefficient (Wildman–Crippen LogP) is 0.734. The number of rotatable bonds is 5. The first-order chi connectivity index (χ1) is 12.4. The van der Waals surface area contributed by atoms with Crippen molar-refractivity contribution in [2.45, 2.75) is 39.2 Å². The maximum absolute atomic E-state index is 12.4. The van der Waals surface area contributed by atoms with Gasteiger partial charge < -0.3 is 5.32 Å². The van der Waals surface area contributed by atoms with Crippen LogP contribution in [0.5, 0.6) is 0 Å². The van der Waals surface area contributed by atoms with Crippen LogP contribution in [0, 0.1) is 0 Å². The Hall–Kier alpha value is -3.30. The number of aromatic nitrogens is 6. The molecule has 0 fully saturated rings. The van der Waals surface area contributed by atoms with Crippen LogP contribution in [-0.4, -0.2) is 36.0 Å². The second-order valence-corrected chi connectivity index (χ2v) is 6.11. The molecule has 4 N–H and O–H groups in total. The first-order valence-corrected chi connectivity index (χ1v) is 8.24. The Morgan fingerprint density at radius 2 is 2.04 bits per heavy atom. The monoisotopic (exact) mass is 357 g/mol. The van der Waals surface area contributed by atoms with Crippen LogP contribution in [0.4, 0.5) is 0 Å². The minimum Gasteiger partial charge on any atom is -0.342 e. The predicted molar refractivity (Wildman–Crippen MR) is 94.0 cm³/mol. The summed E-state index contributed by atoms with van der Waals surface area (Å²) >= 11 is 0. The van der Waals surface area contributed by atoms with E-state index < -0.39 is 23.2 Å². The maximum Gasteiger partial charge on any atom is 0.327 e. The maximum atomic E-state index is 12.4. The summed E-state index contributed by atoms with van der Waals surface area (Å²) in [5.74, 6) is 1.05. The van der Waals surface area contributed by atoms with Gasteiger partial charge in [0.25, 0.3) is 11.5 Å². The molecule has 3 aromatic heterocycles. The van der Waals surface area contributed by atoms with E-state index in [2.05, 4.69) is 35.5 Å². The molecule has 0 aliphatic carbocycles. The minimum atomic E-state index is -0.650. The lowest BCUT2D eigenvalue weighted by Crippen LogP contribution is -2.28. The fourth-order valence-electron chi connectivity index (χ4n) is 2.40. The standard InChI is InChI=1S/C16H19N7O3/c1-4-7(2)11-19-12(23-22-11)8(3)18-14(24)9-5-10-13(17-6-9)20-16(26)21-15(10)25/h5-8H,4H2,1-3H3,(H,18,24)(H,19,22,23)(H2,17,20,21,25,26). The molecular weight excluding hydrogens is 338 g/mol. The van der Waals surface area contributed by atoms with Crippen LogP contribution in [0.15, 0.2) is 21.9 Å². The van der Waals surface area contributed by atoms with Crippen LogP contribution in [0.3, 0.4) is 0 Å². The molecule has 3 rings (SSSR count). The highest BCUT2D eigenvalue weighted by Crippen LogP contribution is 2.16. The minimum absolute atomic E-state index is 0.122. The van der Waals surface area contributed by atoms with Crippen molar-refractivity contribution in [3.05, 3.63) is 50.3 Å². The SMILES string of the molecule is CCC(C)c1n[nH]c(C(C)NC(=O)c2cnc3[nH]c(=O)[nH]c(=O)c3c2)n1. The van der Waals surface area contributed by atoms with Crippen molar-refractivity contribution in [1.82, 2.24) is 35.5 Å². The van der Waals surface area contributed by atoms with Crippen molar-refractivity contribution >= 4 is 16.9 Å². The van der Waals surface area contributed by atoms with Gasteiger partial charge in [-0.05, 0) is 19.4 Å². The van der Waals surface area contributed by atoms with Gasteiger partial charge in [-0.15, -0.1) is 0 Å². The van der Waals surface area contributed by atoms with Gasteiger partial charge >= 0.3 is 5.69 Å². The Morgan fingerprint density at radius 1 is 1.27 bits per heavy atom. The Morgan fingerprint density at radius 3 is 2.77 bits per heavy atom. The van der Waals surface area contributed by atoms with E-state index in [-0.39, 0.29) is 22.5 Å². The molecule has 2 atom stereocenters. The fraction of sp³-hybridized carbons (Fsp3) is 0.375. The molecule has 0 aromatic carbocycles. The second kappa shape index (κ2) is 6.90. The van der Waals surface area contributed by atoms with E-state index >= 15 is 0 Å². The average molecular weight is 357 g/mol. The van der Waals surface area contributed by atoms with Crippen LogP contribution < -0.4 is 16.6 Å². The molecule has 10 nitrogen and oxygen atoms in total. The molecule has 26 heavy (non-hydrogen) atoms. The van der Waals surface area contributed by atoms with Crippen molar-refractivity contribution < 1.29 is 4.79 Å². The van der Waals surface area contributed by atoms with Crippen LogP contribution in [0.25, 0.3) is 11.0 Å². The third kappa shape index (κ3) is 3.39. The largest absolute Gasteiger partial charge is 0.342 e. The summed E-state index contributed by atoms with van der Waals surface area (Å²) in [4.78, 5) is 48.4. The summed E-state index contributed by atoms with van der Waals surface area (Å²) in [6.07, 6.45) is 2.21. The van der Waals surface area contributed by atoms with Crippen molar-refractivity contribution in [3.8, 4) is 0 Å². The lowest BCUT2D eigenvalue weighted by atomic mass is 10.1. The molecule has 3 aromatic rings. The van der Waals surface area contributed by atoms with E-state index in [4.69, 9.17) is 0 Å². The number of carbonyl (C=O) groups is 1. The molecule has 1 amide bonds. The van der Waals surface area contributed by atoms with E-state index in [1.165, 1.54) is 12.3 Å². The molecule has 0 aliphatic heterocycles. The first kappa shape index (κ1) is 17.5. The summed E-state index contributed by atoms with van der Waals surface area (Å²) in [6.45, 7) is 5.85. The van der Waals surface area contributed by atoms with Gasteiger partial charge in [-0.3, -0.25) is 24.7 Å². The van der Waals surface area contributed by atoms with Gasteiger partial charge in [-0.1, -0.05) is 13.8 Å². The highest BCUT2D eigenvalue weighted by Gasteiger charge is 2.18. The van der Waals surface area contributed by atoms with Gasteiger partial charge in [0, 0.05) is 12.1 Å². The quantitative estimate of drug-likeness (QED) is 0.529. The lowest BCUT2D eigenvalue weighted by molar-refractivity contribution is 0.0938. The van der Waals surface area contributed by atoms with Gasteiger partial charge in [-0.25, -0.2) is 14.8 Å². The highest BCUT2D eigenvalue weighted by molar-refractivity contribution is 5.96. The number of aromatic amines is 3. The molecular formula is C16H19N7O3. The number of fused-ring (bicyclic) bond motifs is 1. The summed E-state index contributed by atoms with van der Waals surface area (Å²) in [7, 11) is 0. The molecule has 0 bridgehead atoms. The van der Waals surface area contributed by atoms with E-state index in [9.17, 15) is 14.4 Å². The second-order valence-electron chi connectivity index (χ2n) is 6.11. The van der Waals surface area contributed by atoms with Crippen molar-refractivity contribution in [2.24, 2.45) is 0 Å². The normalized spacial score (nSPS) is 13.5. The Kier molecular flexibility index (Phi) is 4.65. The number of carbonyl (C=O) groups excluding carboxylic acids is 1. The third-order valence-corrected chi connectivity index (χ3v) is 4.18. The molecule has 10 heteroatoms. The van der Waals surface area contributed by atoms with Crippen molar-refractivity contribution in [3.63, 3.8) is 0 Å². The van der Waals surface area contributed by atoms with E-state index in [1.54, 1.807) is 6.92 Å². The van der Waals surface area contributed by atoms with Gasteiger partial charge in [0.2, 0.25) is 0 Å². The summed E-state index contributed by atoms with van der Waals surface area (Å²) in [5.41, 5.74) is -0.934.